The summed E-state index contributed by atoms with van der Waals surface area (Å²) >= 11 is 0. The lowest BCUT2D eigenvalue weighted by atomic mass is 9.54. The number of rotatable bonds is 3. The average molecular weight is 379 g/mol. The summed E-state index contributed by atoms with van der Waals surface area (Å²) in [7, 11) is 0. The fraction of sp³-hybridized carbons (Fsp3) is 0.429. The molecular weight excluding hydrogens is 360 g/mol. The lowest BCUT2D eigenvalue weighted by Gasteiger charge is -2.47. The quantitative estimate of drug-likeness (QED) is 0.812. The van der Waals surface area contributed by atoms with Crippen molar-refractivity contribution in [3.05, 3.63) is 47.0 Å². The number of hydrogen-bond donors (Lipinski definition) is 1. The highest BCUT2D eigenvalue weighted by Crippen LogP contribution is 2.53. The van der Waals surface area contributed by atoms with E-state index in [1.165, 1.54) is 6.07 Å². The monoisotopic (exact) mass is 379 g/mol. The average Bonchev–Trinajstić information content (AvgIpc) is 2.68. The van der Waals surface area contributed by atoms with Gasteiger partial charge in [0.1, 0.15) is 17.6 Å². The van der Waals surface area contributed by atoms with Gasteiger partial charge in [-0.2, -0.15) is 15.8 Å². The zero-order valence-electron chi connectivity index (χ0n) is 15.4. The Morgan fingerprint density at radius 1 is 1.25 bits per heavy atom. The van der Waals surface area contributed by atoms with Gasteiger partial charge in [0.05, 0.1) is 23.9 Å². The third kappa shape index (κ3) is 2.87. The maximum atomic E-state index is 14.7. The zero-order valence-corrected chi connectivity index (χ0v) is 15.4. The Morgan fingerprint density at radius 3 is 2.54 bits per heavy atom. The molecule has 1 aliphatic heterocycles. The smallest absolute Gasteiger partial charge is 0.189 e. The van der Waals surface area contributed by atoms with Crippen molar-refractivity contribution < 1.29 is 8.78 Å². The van der Waals surface area contributed by atoms with Crippen LogP contribution in [0.25, 0.3) is 0 Å². The first-order chi connectivity index (χ1) is 13.4. The normalized spacial score (nSPS) is 26.4. The molecule has 7 heteroatoms. The van der Waals surface area contributed by atoms with Gasteiger partial charge in [0, 0.05) is 31.0 Å². The van der Waals surface area contributed by atoms with Crippen LogP contribution in [-0.2, 0) is 0 Å². The van der Waals surface area contributed by atoms with Crippen molar-refractivity contribution in [1.29, 1.82) is 21.2 Å². The van der Waals surface area contributed by atoms with Crippen molar-refractivity contribution in [2.75, 3.05) is 19.6 Å². The van der Waals surface area contributed by atoms with Gasteiger partial charge in [-0.1, -0.05) is 19.1 Å². The van der Waals surface area contributed by atoms with Gasteiger partial charge in [0.25, 0.3) is 0 Å². The molecule has 3 atom stereocenters. The number of benzene rings is 1. The second-order valence-electron chi connectivity index (χ2n) is 7.22. The van der Waals surface area contributed by atoms with Crippen LogP contribution in [0.2, 0.25) is 0 Å². The summed E-state index contributed by atoms with van der Waals surface area (Å²) in [5.74, 6) is -4.08. The lowest BCUT2D eigenvalue weighted by molar-refractivity contribution is 0.202. The number of nitriles is 3. The van der Waals surface area contributed by atoms with Gasteiger partial charge >= 0.3 is 0 Å². The third-order valence-electron chi connectivity index (χ3n) is 5.70. The van der Waals surface area contributed by atoms with E-state index in [4.69, 9.17) is 5.41 Å². The van der Waals surface area contributed by atoms with E-state index in [1.807, 2.05) is 25.1 Å². The summed E-state index contributed by atoms with van der Waals surface area (Å²) in [6.45, 7) is 3.84. The first-order valence-electron chi connectivity index (χ1n) is 9.11. The first-order valence-corrected chi connectivity index (χ1v) is 9.11. The van der Waals surface area contributed by atoms with Crippen LogP contribution in [0, 0.1) is 68.3 Å². The van der Waals surface area contributed by atoms with Crippen LogP contribution < -0.4 is 0 Å². The zero-order chi connectivity index (χ0) is 20.5. The standard InChI is InChI=1S/C21H19F2N5/c1-2-6-28-7-5-14-16(9-24)20(27)21(11-25,12-26)19(17(14)10-28)15-4-3-13(22)8-18(15)23/h3-5,8,16-17,19,27H,2,6-7,10H2,1H3/t16?,17-,19-/m0/s1. The molecule has 1 aromatic carbocycles. The van der Waals surface area contributed by atoms with Gasteiger partial charge in [-0.05, 0) is 30.2 Å². The minimum Gasteiger partial charge on any atom is -0.305 e. The van der Waals surface area contributed by atoms with Crippen LogP contribution in [-0.4, -0.2) is 30.2 Å². The van der Waals surface area contributed by atoms with E-state index in [1.54, 1.807) is 0 Å². The summed E-state index contributed by atoms with van der Waals surface area (Å²) in [4.78, 5) is 2.12. The van der Waals surface area contributed by atoms with Gasteiger partial charge in [0.15, 0.2) is 5.41 Å². The molecule has 28 heavy (non-hydrogen) atoms. The lowest BCUT2D eigenvalue weighted by Crippen LogP contribution is -2.53. The van der Waals surface area contributed by atoms with Crippen molar-refractivity contribution in [2.45, 2.75) is 19.3 Å². The summed E-state index contributed by atoms with van der Waals surface area (Å²) in [5, 5.41) is 38.0. The topological polar surface area (TPSA) is 98.5 Å². The Bertz CT molecular complexity index is 948. The SMILES string of the molecule is CCCN1CC=C2C(C#N)C(=N)C(C#N)(C#N)[C@@H](c3ccc(F)cc3F)[C@H]2C1. The summed E-state index contributed by atoms with van der Waals surface area (Å²) in [6, 6.07) is 8.93. The molecule has 1 saturated carbocycles. The van der Waals surface area contributed by atoms with Gasteiger partial charge in [-0.3, -0.25) is 4.90 Å². The van der Waals surface area contributed by atoms with E-state index in [0.29, 0.717) is 18.7 Å². The molecule has 1 N–H and O–H groups in total. The molecule has 0 spiro atoms. The molecule has 1 unspecified atom stereocenters. The van der Waals surface area contributed by atoms with Crippen molar-refractivity contribution in [3.8, 4) is 18.2 Å². The number of fused-ring (bicyclic) bond motifs is 1. The van der Waals surface area contributed by atoms with Crippen LogP contribution in [0.4, 0.5) is 8.78 Å². The Labute approximate surface area is 162 Å². The van der Waals surface area contributed by atoms with Gasteiger partial charge < -0.3 is 5.41 Å². The third-order valence-corrected chi connectivity index (χ3v) is 5.70. The van der Waals surface area contributed by atoms with Gasteiger partial charge in [0.2, 0.25) is 0 Å². The number of nitrogens with one attached hydrogen (secondary N) is 1. The number of nitrogens with zero attached hydrogens (tertiary/aromatic N) is 4. The molecule has 1 aromatic rings. The highest BCUT2D eigenvalue weighted by atomic mass is 19.1. The molecule has 1 heterocycles. The molecule has 2 aliphatic rings. The molecule has 1 fully saturated rings. The van der Waals surface area contributed by atoms with E-state index < -0.39 is 34.8 Å². The maximum Gasteiger partial charge on any atom is 0.189 e. The van der Waals surface area contributed by atoms with Crippen molar-refractivity contribution in [1.82, 2.24) is 4.90 Å². The Balaban J connectivity index is 2.25. The fourth-order valence-electron chi connectivity index (χ4n) is 4.46. The Hall–Kier alpha value is -3.08. The molecule has 5 nitrogen and oxygen atoms in total. The van der Waals surface area contributed by atoms with E-state index in [0.717, 1.165) is 25.1 Å². The van der Waals surface area contributed by atoms with E-state index in [2.05, 4.69) is 11.0 Å². The van der Waals surface area contributed by atoms with Crippen LogP contribution in [0.5, 0.6) is 0 Å². The largest absolute Gasteiger partial charge is 0.305 e. The minimum absolute atomic E-state index is 0.0277. The number of halogens is 2. The molecule has 0 bridgehead atoms. The molecule has 0 aromatic heterocycles. The van der Waals surface area contributed by atoms with Gasteiger partial charge in [-0.25, -0.2) is 8.78 Å². The van der Waals surface area contributed by atoms with Crippen LogP contribution in [0.3, 0.4) is 0 Å². The van der Waals surface area contributed by atoms with Crippen molar-refractivity contribution in [3.63, 3.8) is 0 Å². The second-order valence-corrected chi connectivity index (χ2v) is 7.22. The van der Waals surface area contributed by atoms with E-state index in [-0.39, 0.29) is 11.3 Å². The van der Waals surface area contributed by atoms with Crippen LogP contribution >= 0.6 is 0 Å². The first kappa shape index (κ1) is 19.7. The predicted molar refractivity (Wildman–Crippen MR) is 97.9 cm³/mol. The van der Waals surface area contributed by atoms with Crippen LogP contribution in [0.1, 0.15) is 24.8 Å². The van der Waals surface area contributed by atoms with Crippen molar-refractivity contribution in [2.24, 2.45) is 17.3 Å². The summed E-state index contributed by atoms with van der Waals surface area (Å²) in [5.41, 5.74) is -1.65. The molecule has 3 rings (SSSR count). The fourth-order valence-corrected chi connectivity index (χ4v) is 4.46. The molecule has 0 saturated heterocycles. The Kier molecular flexibility index (Phi) is 5.27. The number of hydrogen-bond acceptors (Lipinski definition) is 5. The second kappa shape index (κ2) is 7.50. The molecule has 1 aliphatic carbocycles. The summed E-state index contributed by atoms with van der Waals surface area (Å²) < 4.78 is 28.2. The van der Waals surface area contributed by atoms with Crippen LogP contribution in [0.15, 0.2) is 29.8 Å². The van der Waals surface area contributed by atoms with Crippen molar-refractivity contribution >= 4 is 5.71 Å². The predicted octanol–water partition coefficient (Wildman–Crippen LogP) is 3.52. The van der Waals surface area contributed by atoms with E-state index in [9.17, 15) is 24.6 Å². The molecule has 0 amide bonds. The van der Waals surface area contributed by atoms with E-state index >= 15 is 0 Å². The molecule has 0 radical (unpaired) electrons. The van der Waals surface area contributed by atoms with Gasteiger partial charge in [-0.15, -0.1) is 0 Å². The maximum absolute atomic E-state index is 14.7. The highest BCUT2D eigenvalue weighted by molar-refractivity contribution is 6.00. The Morgan fingerprint density at radius 2 is 1.96 bits per heavy atom. The summed E-state index contributed by atoms with van der Waals surface area (Å²) in [6.07, 6.45) is 2.75. The molecule has 142 valence electrons. The molecular formula is C21H19F2N5. The minimum atomic E-state index is -1.99. The highest BCUT2D eigenvalue weighted by Gasteiger charge is 2.58.